The molecule has 132 valence electrons. The molecule has 0 aliphatic carbocycles. The number of nitrogens with zero attached hydrogens (tertiary/aromatic N) is 2. The Labute approximate surface area is 151 Å². The van der Waals surface area contributed by atoms with Gasteiger partial charge in [0.15, 0.2) is 0 Å². The van der Waals surface area contributed by atoms with E-state index in [0.29, 0.717) is 16.8 Å². The number of amides is 3. The highest BCUT2D eigenvalue weighted by Gasteiger charge is 2.36. The van der Waals surface area contributed by atoms with Crippen LogP contribution in [0.15, 0.2) is 42.5 Å². The van der Waals surface area contributed by atoms with Crippen LogP contribution >= 0.6 is 0 Å². The van der Waals surface area contributed by atoms with E-state index in [4.69, 9.17) is 0 Å². The van der Waals surface area contributed by atoms with E-state index in [-0.39, 0.29) is 6.54 Å². The molecule has 2 aliphatic heterocycles. The van der Waals surface area contributed by atoms with Crippen molar-refractivity contribution >= 4 is 29.1 Å². The third kappa shape index (κ3) is 2.73. The SMILES string of the molecule is CN1CCCc2ccc(NC(=O)CN3C(=O)c4ccccc4C3=O)cc21. The lowest BCUT2D eigenvalue weighted by molar-refractivity contribution is -0.116. The fraction of sp³-hybridized carbons (Fsp3) is 0.250. The Bertz CT molecular complexity index is 887. The molecule has 2 heterocycles. The molecule has 0 radical (unpaired) electrons. The summed E-state index contributed by atoms with van der Waals surface area (Å²) in [7, 11) is 2.03. The van der Waals surface area contributed by atoms with Gasteiger partial charge < -0.3 is 10.2 Å². The molecule has 26 heavy (non-hydrogen) atoms. The molecule has 0 atom stereocenters. The molecule has 0 aromatic heterocycles. The molecule has 0 bridgehead atoms. The average molecular weight is 349 g/mol. The number of anilines is 2. The van der Waals surface area contributed by atoms with Crippen molar-refractivity contribution in [3.63, 3.8) is 0 Å². The molecule has 0 unspecified atom stereocenters. The van der Waals surface area contributed by atoms with E-state index in [2.05, 4.69) is 10.2 Å². The molecule has 1 N–H and O–H groups in total. The molecular weight excluding hydrogens is 330 g/mol. The summed E-state index contributed by atoms with van der Waals surface area (Å²) in [6.07, 6.45) is 2.15. The number of imide groups is 1. The van der Waals surface area contributed by atoms with Gasteiger partial charge in [0.1, 0.15) is 6.54 Å². The summed E-state index contributed by atoms with van der Waals surface area (Å²) in [5.74, 6) is -1.24. The standard InChI is InChI=1S/C20H19N3O3/c1-22-10-4-5-13-8-9-14(11-17(13)22)21-18(24)12-23-19(25)15-6-2-3-7-16(15)20(23)26/h2-3,6-9,11H,4-5,10,12H2,1H3,(H,21,24). The molecule has 0 saturated carbocycles. The lowest BCUT2D eigenvalue weighted by atomic mass is 10.0. The van der Waals surface area contributed by atoms with E-state index in [1.165, 1.54) is 5.56 Å². The topological polar surface area (TPSA) is 69.7 Å². The third-order valence-corrected chi connectivity index (χ3v) is 4.90. The number of aryl methyl sites for hydroxylation is 1. The zero-order valence-electron chi connectivity index (χ0n) is 14.5. The number of hydrogen-bond acceptors (Lipinski definition) is 4. The summed E-state index contributed by atoms with van der Waals surface area (Å²) >= 11 is 0. The summed E-state index contributed by atoms with van der Waals surface area (Å²) in [6.45, 7) is 0.693. The molecule has 2 aromatic rings. The highest BCUT2D eigenvalue weighted by Crippen LogP contribution is 2.29. The van der Waals surface area contributed by atoms with Crippen LogP contribution in [0.3, 0.4) is 0 Å². The fourth-order valence-corrected chi connectivity index (χ4v) is 3.56. The van der Waals surface area contributed by atoms with Crippen LogP contribution in [0.4, 0.5) is 11.4 Å². The van der Waals surface area contributed by atoms with Crippen molar-refractivity contribution < 1.29 is 14.4 Å². The molecule has 2 aromatic carbocycles. The second kappa shape index (κ2) is 6.29. The molecule has 0 spiro atoms. The van der Waals surface area contributed by atoms with Gasteiger partial charge in [-0.25, -0.2) is 0 Å². The summed E-state index contributed by atoms with van der Waals surface area (Å²) in [5.41, 5.74) is 3.73. The van der Waals surface area contributed by atoms with Gasteiger partial charge in [0.05, 0.1) is 11.1 Å². The summed E-state index contributed by atoms with van der Waals surface area (Å²) in [5, 5.41) is 2.80. The van der Waals surface area contributed by atoms with E-state index in [9.17, 15) is 14.4 Å². The minimum atomic E-state index is -0.425. The smallest absolute Gasteiger partial charge is 0.262 e. The third-order valence-electron chi connectivity index (χ3n) is 4.90. The lowest BCUT2D eigenvalue weighted by Gasteiger charge is -2.28. The van der Waals surface area contributed by atoms with E-state index < -0.39 is 17.7 Å². The highest BCUT2D eigenvalue weighted by molar-refractivity contribution is 6.22. The molecule has 0 fully saturated rings. The minimum Gasteiger partial charge on any atom is -0.374 e. The molecule has 2 aliphatic rings. The van der Waals surface area contributed by atoms with Gasteiger partial charge in [-0.2, -0.15) is 0 Å². The average Bonchev–Trinajstić information content (AvgIpc) is 2.88. The maximum absolute atomic E-state index is 12.4. The molecule has 3 amide bonds. The van der Waals surface area contributed by atoms with Crippen LogP contribution in [-0.2, 0) is 11.2 Å². The van der Waals surface area contributed by atoms with Crippen molar-refractivity contribution in [2.24, 2.45) is 0 Å². The maximum atomic E-state index is 12.4. The minimum absolute atomic E-state index is 0.292. The number of hydrogen-bond donors (Lipinski definition) is 1. The lowest BCUT2D eigenvalue weighted by Crippen LogP contribution is -2.37. The number of benzene rings is 2. The Kier molecular flexibility index (Phi) is 3.95. The summed E-state index contributed by atoms with van der Waals surface area (Å²) in [6, 6.07) is 12.4. The number of rotatable bonds is 3. The molecule has 0 saturated heterocycles. The van der Waals surface area contributed by atoms with Crippen LogP contribution in [0.2, 0.25) is 0 Å². The molecule has 6 heteroatoms. The Morgan fingerprint density at radius 2 is 1.77 bits per heavy atom. The molecule has 6 nitrogen and oxygen atoms in total. The number of nitrogens with one attached hydrogen (secondary N) is 1. The van der Waals surface area contributed by atoms with Gasteiger partial charge in [0.25, 0.3) is 11.8 Å². The monoisotopic (exact) mass is 349 g/mol. The predicted molar refractivity (Wildman–Crippen MR) is 98.5 cm³/mol. The Hall–Kier alpha value is -3.15. The van der Waals surface area contributed by atoms with Gasteiger partial charge in [-0.05, 0) is 42.7 Å². The zero-order chi connectivity index (χ0) is 18.3. The Morgan fingerprint density at radius 3 is 2.46 bits per heavy atom. The first-order valence-electron chi connectivity index (χ1n) is 8.64. The van der Waals surface area contributed by atoms with Crippen molar-refractivity contribution in [1.29, 1.82) is 0 Å². The van der Waals surface area contributed by atoms with Gasteiger partial charge in [-0.1, -0.05) is 18.2 Å². The maximum Gasteiger partial charge on any atom is 0.262 e. The van der Waals surface area contributed by atoms with E-state index >= 15 is 0 Å². The van der Waals surface area contributed by atoms with Crippen molar-refractivity contribution in [2.75, 3.05) is 30.4 Å². The van der Waals surface area contributed by atoms with Gasteiger partial charge in [0.2, 0.25) is 5.91 Å². The normalized spacial score (nSPS) is 15.7. The van der Waals surface area contributed by atoms with E-state index in [1.54, 1.807) is 24.3 Å². The first-order chi connectivity index (χ1) is 12.5. The number of carbonyl (C=O) groups is 3. The first-order valence-corrected chi connectivity index (χ1v) is 8.64. The van der Waals surface area contributed by atoms with Crippen LogP contribution in [0, 0.1) is 0 Å². The van der Waals surface area contributed by atoms with Crippen molar-refractivity contribution in [3.8, 4) is 0 Å². The first kappa shape index (κ1) is 16.3. The van der Waals surface area contributed by atoms with Gasteiger partial charge in [-0.3, -0.25) is 19.3 Å². The van der Waals surface area contributed by atoms with Crippen LogP contribution in [0.5, 0.6) is 0 Å². The van der Waals surface area contributed by atoms with E-state index in [1.807, 2.05) is 25.2 Å². The summed E-state index contributed by atoms with van der Waals surface area (Å²) < 4.78 is 0. The van der Waals surface area contributed by atoms with Crippen LogP contribution in [0.25, 0.3) is 0 Å². The van der Waals surface area contributed by atoms with Crippen LogP contribution < -0.4 is 10.2 Å². The van der Waals surface area contributed by atoms with Gasteiger partial charge in [-0.15, -0.1) is 0 Å². The predicted octanol–water partition coefficient (Wildman–Crippen LogP) is 2.30. The quantitative estimate of drug-likeness (QED) is 0.864. The van der Waals surface area contributed by atoms with Crippen LogP contribution in [0.1, 0.15) is 32.7 Å². The number of carbonyl (C=O) groups excluding carboxylic acids is 3. The summed E-state index contributed by atoms with van der Waals surface area (Å²) in [4.78, 5) is 40.2. The second-order valence-electron chi connectivity index (χ2n) is 6.66. The largest absolute Gasteiger partial charge is 0.374 e. The fourth-order valence-electron chi connectivity index (χ4n) is 3.56. The van der Waals surface area contributed by atoms with Crippen molar-refractivity contribution in [1.82, 2.24) is 4.90 Å². The highest BCUT2D eigenvalue weighted by atomic mass is 16.2. The zero-order valence-corrected chi connectivity index (χ0v) is 14.5. The van der Waals surface area contributed by atoms with Crippen LogP contribution in [-0.4, -0.2) is 42.8 Å². The van der Waals surface area contributed by atoms with E-state index in [0.717, 1.165) is 30.0 Å². The molecular formula is C20H19N3O3. The van der Waals surface area contributed by atoms with Gasteiger partial charge in [0, 0.05) is 25.0 Å². The molecule has 4 rings (SSSR count). The van der Waals surface area contributed by atoms with Crippen molar-refractivity contribution in [2.45, 2.75) is 12.8 Å². The Balaban J connectivity index is 1.48. The van der Waals surface area contributed by atoms with Crippen molar-refractivity contribution in [3.05, 3.63) is 59.2 Å². The number of fused-ring (bicyclic) bond motifs is 2. The second-order valence-corrected chi connectivity index (χ2v) is 6.66. The van der Waals surface area contributed by atoms with Gasteiger partial charge >= 0.3 is 0 Å². The Morgan fingerprint density at radius 1 is 1.08 bits per heavy atom.